The van der Waals surface area contributed by atoms with Crippen molar-refractivity contribution in [3.05, 3.63) is 23.8 Å². The molecular weight excluding hydrogens is 244 g/mol. The smallest absolute Gasteiger partial charge is 0.161 e. The molecule has 0 amide bonds. The maximum absolute atomic E-state index is 11.3. The Labute approximate surface area is 114 Å². The highest BCUT2D eigenvalue weighted by Gasteiger charge is 2.15. The van der Waals surface area contributed by atoms with E-state index < -0.39 is 11.9 Å². The van der Waals surface area contributed by atoms with Crippen LogP contribution in [0.4, 0.5) is 0 Å². The van der Waals surface area contributed by atoms with Gasteiger partial charge in [-0.3, -0.25) is 0 Å². The number of unbranched alkanes of at least 4 members (excludes halogenated alkanes) is 2. The van der Waals surface area contributed by atoms with Gasteiger partial charge in [0, 0.05) is 11.9 Å². The fraction of sp³-hybridized carbons (Fsp3) is 0.533. The first-order valence-corrected chi connectivity index (χ1v) is 6.56. The molecule has 1 rings (SSSR count). The van der Waals surface area contributed by atoms with Crippen LogP contribution in [-0.2, 0) is 4.79 Å². The van der Waals surface area contributed by atoms with Crippen molar-refractivity contribution in [3.8, 4) is 11.5 Å². The van der Waals surface area contributed by atoms with Crippen molar-refractivity contribution < 1.29 is 19.4 Å². The topological polar surface area (TPSA) is 58.6 Å². The second-order valence-electron chi connectivity index (χ2n) is 4.48. The summed E-state index contributed by atoms with van der Waals surface area (Å²) in [5, 5.41) is 11.3. The summed E-state index contributed by atoms with van der Waals surface area (Å²) in [6, 6.07) is 5.20. The van der Waals surface area contributed by atoms with Crippen LogP contribution in [0.15, 0.2) is 18.2 Å². The van der Waals surface area contributed by atoms with E-state index in [1.54, 1.807) is 25.3 Å². The predicted octanol–water partition coefficient (Wildman–Crippen LogP) is 2.12. The van der Waals surface area contributed by atoms with Crippen LogP contribution in [0.25, 0.3) is 0 Å². The summed E-state index contributed by atoms with van der Waals surface area (Å²) in [5.74, 6) is -0.492. The van der Waals surface area contributed by atoms with Gasteiger partial charge in [-0.25, -0.2) is 0 Å². The zero-order valence-electron chi connectivity index (χ0n) is 11.8. The van der Waals surface area contributed by atoms with Crippen molar-refractivity contribution >= 4 is 5.97 Å². The quantitative estimate of drug-likeness (QED) is 0.675. The Balaban J connectivity index is 2.92. The minimum atomic E-state index is -1.04. The minimum absolute atomic E-state index is 0.543. The number of carbonyl (C=O) groups is 1. The molecule has 0 fully saturated rings. The number of carboxylic acid groups (broad SMARTS) is 1. The lowest BCUT2D eigenvalue weighted by atomic mass is 9.93. The third-order valence-corrected chi connectivity index (χ3v) is 3.19. The van der Waals surface area contributed by atoms with Gasteiger partial charge in [0.15, 0.2) is 11.5 Å². The number of ether oxygens (including phenoxy) is 2. The van der Waals surface area contributed by atoms with E-state index in [-0.39, 0.29) is 0 Å². The fourth-order valence-corrected chi connectivity index (χ4v) is 2.09. The second-order valence-corrected chi connectivity index (χ2v) is 4.48. The molecule has 19 heavy (non-hydrogen) atoms. The molecule has 0 aliphatic carbocycles. The molecule has 0 heterocycles. The molecule has 1 unspecified atom stereocenters. The van der Waals surface area contributed by atoms with Gasteiger partial charge in [-0.1, -0.05) is 32.3 Å². The van der Waals surface area contributed by atoms with Crippen LogP contribution in [0, 0.1) is 0 Å². The van der Waals surface area contributed by atoms with E-state index in [1.165, 1.54) is 7.11 Å². The highest BCUT2D eigenvalue weighted by Crippen LogP contribution is 2.32. The van der Waals surface area contributed by atoms with Gasteiger partial charge in [0.25, 0.3) is 0 Å². The summed E-state index contributed by atoms with van der Waals surface area (Å²) in [6.45, 7) is 2.09. The number of methoxy groups -OCH3 is 2. The number of hydrogen-bond acceptors (Lipinski definition) is 4. The van der Waals surface area contributed by atoms with Crippen LogP contribution >= 0.6 is 0 Å². The molecule has 4 nitrogen and oxygen atoms in total. The summed E-state index contributed by atoms with van der Waals surface area (Å²) in [7, 11) is 3.09. The first-order chi connectivity index (χ1) is 9.13. The van der Waals surface area contributed by atoms with E-state index in [0.29, 0.717) is 23.5 Å². The summed E-state index contributed by atoms with van der Waals surface area (Å²) < 4.78 is 10.3. The number of aliphatic carboxylic acids is 1. The van der Waals surface area contributed by atoms with Crippen LogP contribution in [-0.4, -0.2) is 20.2 Å². The Hall–Kier alpha value is -1.71. The summed E-state index contributed by atoms with van der Waals surface area (Å²) in [6.07, 6.45) is 3.55. The number of rotatable bonds is 8. The Kier molecular flexibility index (Phi) is 6.19. The first-order valence-electron chi connectivity index (χ1n) is 6.56. The van der Waals surface area contributed by atoms with Crippen LogP contribution in [0.3, 0.4) is 0 Å². The molecule has 0 radical (unpaired) electrons. The Morgan fingerprint density at radius 2 is 1.89 bits per heavy atom. The van der Waals surface area contributed by atoms with E-state index in [9.17, 15) is 9.90 Å². The van der Waals surface area contributed by atoms with Gasteiger partial charge in [0.1, 0.15) is 0 Å². The molecule has 0 aliphatic rings. The third kappa shape index (κ3) is 4.16. The molecule has 1 aromatic rings. The Morgan fingerprint density at radius 1 is 1.21 bits per heavy atom. The normalized spacial score (nSPS) is 11.9. The van der Waals surface area contributed by atoms with Crippen molar-refractivity contribution in [2.45, 2.75) is 38.5 Å². The fourth-order valence-electron chi connectivity index (χ4n) is 2.09. The Morgan fingerprint density at radius 3 is 2.42 bits per heavy atom. The van der Waals surface area contributed by atoms with Gasteiger partial charge in [0.2, 0.25) is 0 Å². The number of benzene rings is 1. The molecule has 106 valence electrons. The molecule has 0 saturated carbocycles. The minimum Gasteiger partial charge on any atom is -0.549 e. The van der Waals surface area contributed by atoms with Crippen molar-refractivity contribution in [1.82, 2.24) is 0 Å². The van der Waals surface area contributed by atoms with E-state index in [2.05, 4.69) is 6.92 Å². The number of carboxylic acids is 1. The van der Waals surface area contributed by atoms with E-state index in [1.807, 2.05) is 0 Å². The average molecular weight is 265 g/mol. The summed E-state index contributed by atoms with van der Waals surface area (Å²) >= 11 is 0. The maximum atomic E-state index is 11.3. The lowest BCUT2D eigenvalue weighted by Gasteiger charge is -2.19. The number of hydrogen-bond donors (Lipinski definition) is 0. The van der Waals surface area contributed by atoms with Crippen molar-refractivity contribution in [1.29, 1.82) is 0 Å². The van der Waals surface area contributed by atoms with Crippen LogP contribution in [0.1, 0.15) is 44.1 Å². The molecule has 4 heteroatoms. The zero-order chi connectivity index (χ0) is 14.3. The van der Waals surface area contributed by atoms with E-state index in [4.69, 9.17) is 9.47 Å². The van der Waals surface area contributed by atoms with Gasteiger partial charge in [-0.05, 0) is 24.1 Å². The molecule has 1 aromatic carbocycles. The zero-order valence-corrected chi connectivity index (χ0v) is 11.8. The van der Waals surface area contributed by atoms with Crippen LogP contribution in [0.2, 0.25) is 0 Å². The van der Waals surface area contributed by atoms with Crippen molar-refractivity contribution in [3.63, 3.8) is 0 Å². The molecule has 0 aromatic heterocycles. The highest BCUT2D eigenvalue weighted by molar-refractivity contribution is 5.74. The summed E-state index contributed by atoms with van der Waals surface area (Å²) in [4.78, 5) is 11.3. The molecule has 0 bridgehead atoms. The van der Waals surface area contributed by atoms with Crippen molar-refractivity contribution in [2.24, 2.45) is 0 Å². The molecule has 0 N–H and O–H groups in total. The molecule has 0 spiro atoms. The SMILES string of the molecule is CCCCCC(C(=O)[O-])c1ccc(OC)c(OC)c1. The molecule has 0 saturated heterocycles. The summed E-state index contributed by atoms with van der Waals surface area (Å²) in [5.41, 5.74) is 0.703. The molecular formula is C15H21O4-. The van der Waals surface area contributed by atoms with Gasteiger partial charge in [0.05, 0.1) is 14.2 Å². The number of carbonyl (C=O) groups excluding carboxylic acids is 1. The Bertz CT molecular complexity index is 415. The predicted molar refractivity (Wildman–Crippen MR) is 71.4 cm³/mol. The lowest BCUT2D eigenvalue weighted by molar-refractivity contribution is -0.308. The van der Waals surface area contributed by atoms with Gasteiger partial charge < -0.3 is 19.4 Å². The lowest BCUT2D eigenvalue weighted by Crippen LogP contribution is -2.29. The van der Waals surface area contributed by atoms with E-state index >= 15 is 0 Å². The van der Waals surface area contributed by atoms with Gasteiger partial charge in [-0.15, -0.1) is 0 Å². The van der Waals surface area contributed by atoms with E-state index in [0.717, 1.165) is 19.3 Å². The van der Waals surface area contributed by atoms with Crippen molar-refractivity contribution in [2.75, 3.05) is 14.2 Å². The highest BCUT2D eigenvalue weighted by atomic mass is 16.5. The first kappa shape index (κ1) is 15.3. The van der Waals surface area contributed by atoms with Crippen LogP contribution < -0.4 is 14.6 Å². The third-order valence-electron chi connectivity index (χ3n) is 3.19. The molecule has 0 aliphatic heterocycles. The average Bonchev–Trinajstić information content (AvgIpc) is 2.42. The monoisotopic (exact) mass is 265 g/mol. The standard InChI is InChI=1S/C15H22O4/c1-4-5-6-7-12(15(16)17)11-8-9-13(18-2)14(10-11)19-3/h8-10,12H,4-7H2,1-3H3,(H,16,17)/p-1. The van der Waals surface area contributed by atoms with Gasteiger partial charge >= 0.3 is 0 Å². The molecule has 1 atom stereocenters. The maximum Gasteiger partial charge on any atom is 0.161 e. The largest absolute Gasteiger partial charge is 0.549 e. The second kappa shape index (κ2) is 7.67. The van der Waals surface area contributed by atoms with Crippen LogP contribution in [0.5, 0.6) is 11.5 Å². The van der Waals surface area contributed by atoms with Gasteiger partial charge in [-0.2, -0.15) is 0 Å².